The fourth-order valence-electron chi connectivity index (χ4n) is 0.782. The number of hydrogen-bond donors (Lipinski definition) is 1. The molecule has 1 aromatic rings. The zero-order valence-electron chi connectivity index (χ0n) is 8.01. The summed E-state index contributed by atoms with van der Waals surface area (Å²) < 4.78 is 6.10. The lowest BCUT2D eigenvalue weighted by atomic mass is 10.5. The summed E-state index contributed by atoms with van der Waals surface area (Å²) in [5.74, 6) is 5.20. The molecule has 0 aliphatic heterocycles. The third-order valence-corrected chi connectivity index (χ3v) is 2.49. The van der Waals surface area contributed by atoms with Gasteiger partial charge in [0.25, 0.3) is 0 Å². The molecule has 1 atom stereocenters. The molecule has 0 bridgehead atoms. The largest absolute Gasteiger partial charge is 0.465 e. The van der Waals surface area contributed by atoms with Crippen molar-refractivity contribution in [1.29, 1.82) is 0 Å². The Morgan fingerprint density at radius 3 is 3.07 bits per heavy atom. The van der Waals surface area contributed by atoms with Crippen LogP contribution in [0.2, 0.25) is 0 Å². The van der Waals surface area contributed by atoms with E-state index in [1.165, 1.54) is 22.8 Å². The van der Waals surface area contributed by atoms with Crippen molar-refractivity contribution in [2.45, 2.75) is 24.3 Å². The fraction of sp³-hybridized carbons (Fsp3) is 0.571. The second-order valence-corrected chi connectivity index (χ2v) is 3.84. The zero-order valence-corrected chi connectivity index (χ0v) is 8.82. The van der Waals surface area contributed by atoms with Crippen molar-refractivity contribution < 1.29 is 9.53 Å². The molecule has 0 saturated carbocycles. The lowest BCUT2D eigenvalue weighted by Gasteiger charge is -2.08. The van der Waals surface area contributed by atoms with Crippen molar-refractivity contribution >= 4 is 17.7 Å². The van der Waals surface area contributed by atoms with E-state index in [1.807, 2.05) is 0 Å². The van der Waals surface area contributed by atoms with Crippen LogP contribution in [0.5, 0.6) is 0 Å². The number of ether oxygens (including phenoxy) is 1. The van der Waals surface area contributed by atoms with Gasteiger partial charge in [0.2, 0.25) is 5.16 Å². The van der Waals surface area contributed by atoms with Gasteiger partial charge in [-0.2, -0.15) is 0 Å². The van der Waals surface area contributed by atoms with Crippen LogP contribution in [0.1, 0.15) is 13.8 Å². The van der Waals surface area contributed by atoms with E-state index in [4.69, 9.17) is 10.6 Å². The number of rotatable bonds is 4. The van der Waals surface area contributed by atoms with Gasteiger partial charge in [-0.25, -0.2) is 4.68 Å². The first kappa shape index (κ1) is 10.8. The second-order valence-electron chi connectivity index (χ2n) is 2.53. The smallest absolute Gasteiger partial charge is 0.319 e. The van der Waals surface area contributed by atoms with E-state index in [9.17, 15) is 4.79 Å². The summed E-state index contributed by atoms with van der Waals surface area (Å²) in [7, 11) is 0. The van der Waals surface area contributed by atoms with Gasteiger partial charge < -0.3 is 10.6 Å². The topological polar surface area (TPSA) is 83.0 Å². The Bertz CT molecular complexity index is 314. The summed E-state index contributed by atoms with van der Waals surface area (Å²) in [6, 6.07) is 0. The second kappa shape index (κ2) is 4.85. The molecule has 0 unspecified atom stereocenters. The van der Waals surface area contributed by atoms with Crippen molar-refractivity contribution in [3.8, 4) is 0 Å². The van der Waals surface area contributed by atoms with Gasteiger partial charge in [-0.15, -0.1) is 10.2 Å². The number of aromatic nitrogens is 3. The van der Waals surface area contributed by atoms with Gasteiger partial charge in [0.05, 0.1) is 6.61 Å². The summed E-state index contributed by atoms with van der Waals surface area (Å²) in [5.41, 5.74) is 0. The van der Waals surface area contributed by atoms with E-state index in [0.29, 0.717) is 11.8 Å². The highest BCUT2D eigenvalue weighted by Crippen LogP contribution is 2.19. The Labute approximate surface area is 85.8 Å². The van der Waals surface area contributed by atoms with Crippen LogP contribution in [0.25, 0.3) is 0 Å². The Morgan fingerprint density at radius 2 is 2.57 bits per heavy atom. The average Bonchev–Trinajstić information content (AvgIpc) is 2.52. The minimum atomic E-state index is -0.332. The summed E-state index contributed by atoms with van der Waals surface area (Å²) in [6.45, 7) is 3.87. The van der Waals surface area contributed by atoms with Gasteiger partial charge >= 0.3 is 5.97 Å². The number of nitrogen functional groups attached to an aromatic ring is 1. The molecule has 0 aliphatic rings. The molecular weight excluding hydrogens is 204 g/mol. The van der Waals surface area contributed by atoms with Crippen LogP contribution in [-0.4, -0.2) is 32.7 Å². The molecule has 0 radical (unpaired) electrons. The zero-order chi connectivity index (χ0) is 10.6. The first-order valence-corrected chi connectivity index (χ1v) is 5.01. The molecule has 1 aromatic heterocycles. The third kappa shape index (κ3) is 2.63. The minimum absolute atomic E-state index is 0.277. The average molecular weight is 216 g/mol. The quantitative estimate of drug-likeness (QED) is 0.434. The van der Waals surface area contributed by atoms with Crippen molar-refractivity contribution in [3.05, 3.63) is 6.33 Å². The monoisotopic (exact) mass is 216 g/mol. The maximum atomic E-state index is 11.2. The number of nitrogens with zero attached hydrogens (tertiary/aromatic N) is 3. The minimum Gasteiger partial charge on any atom is -0.465 e. The van der Waals surface area contributed by atoms with Gasteiger partial charge in [0.1, 0.15) is 11.6 Å². The summed E-state index contributed by atoms with van der Waals surface area (Å²) in [6.07, 6.45) is 1.38. The summed E-state index contributed by atoms with van der Waals surface area (Å²) in [5, 5.41) is 7.50. The molecule has 0 aliphatic carbocycles. The highest BCUT2D eigenvalue weighted by atomic mass is 32.2. The molecule has 0 spiro atoms. The van der Waals surface area contributed by atoms with E-state index in [1.54, 1.807) is 13.8 Å². The lowest BCUT2D eigenvalue weighted by molar-refractivity contribution is -0.142. The van der Waals surface area contributed by atoms with Crippen molar-refractivity contribution in [2.24, 2.45) is 0 Å². The van der Waals surface area contributed by atoms with Crippen LogP contribution < -0.4 is 5.84 Å². The number of carbonyl (C=O) groups excluding carboxylic acids is 1. The SMILES string of the molecule is CCOC(=O)[C@H](C)Sc1nncn1N. The van der Waals surface area contributed by atoms with Crippen LogP contribution in [0, 0.1) is 0 Å². The normalized spacial score (nSPS) is 12.4. The van der Waals surface area contributed by atoms with Gasteiger partial charge in [0.15, 0.2) is 0 Å². The van der Waals surface area contributed by atoms with Crippen molar-refractivity contribution in [1.82, 2.24) is 14.9 Å². The third-order valence-electron chi connectivity index (χ3n) is 1.44. The Balaban J connectivity index is 2.52. The van der Waals surface area contributed by atoms with Crippen molar-refractivity contribution in [3.63, 3.8) is 0 Å². The lowest BCUT2D eigenvalue weighted by Crippen LogP contribution is -2.18. The molecular formula is C7H12N4O2S. The molecule has 0 saturated heterocycles. The van der Waals surface area contributed by atoms with Crippen molar-refractivity contribution in [2.75, 3.05) is 12.4 Å². The molecule has 6 nitrogen and oxygen atoms in total. The molecule has 14 heavy (non-hydrogen) atoms. The number of hydrogen-bond acceptors (Lipinski definition) is 6. The number of thioether (sulfide) groups is 1. The van der Waals surface area contributed by atoms with Gasteiger partial charge in [-0.1, -0.05) is 11.8 Å². The van der Waals surface area contributed by atoms with Crippen LogP contribution in [-0.2, 0) is 9.53 Å². The first-order valence-electron chi connectivity index (χ1n) is 4.13. The van der Waals surface area contributed by atoms with E-state index in [-0.39, 0.29) is 11.2 Å². The maximum absolute atomic E-state index is 11.2. The first-order chi connectivity index (χ1) is 6.65. The summed E-state index contributed by atoms with van der Waals surface area (Å²) in [4.78, 5) is 11.2. The Morgan fingerprint density at radius 1 is 1.86 bits per heavy atom. The highest BCUT2D eigenvalue weighted by molar-refractivity contribution is 8.00. The standard InChI is InChI=1S/C7H12N4O2S/c1-3-13-6(12)5(2)14-7-10-9-4-11(7)8/h4-5H,3,8H2,1-2H3/t5-/m0/s1. The molecule has 1 rings (SSSR count). The fourth-order valence-corrected chi connectivity index (χ4v) is 1.53. The van der Waals surface area contributed by atoms with Gasteiger partial charge in [0, 0.05) is 0 Å². The molecule has 0 aromatic carbocycles. The maximum Gasteiger partial charge on any atom is 0.319 e. The number of nitrogens with two attached hydrogens (primary N) is 1. The highest BCUT2D eigenvalue weighted by Gasteiger charge is 2.17. The van der Waals surface area contributed by atoms with E-state index in [2.05, 4.69) is 10.2 Å². The molecule has 2 N–H and O–H groups in total. The Kier molecular flexibility index (Phi) is 3.75. The number of carbonyl (C=O) groups is 1. The van der Waals surface area contributed by atoms with Gasteiger partial charge in [-0.05, 0) is 13.8 Å². The predicted octanol–water partition coefficient (Wildman–Crippen LogP) is 0.0356. The van der Waals surface area contributed by atoms with Crippen LogP contribution >= 0.6 is 11.8 Å². The van der Waals surface area contributed by atoms with Crippen LogP contribution in [0.15, 0.2) is 11.5 Å². The van der Waals surface area contributed by atoms with E-state index < -0.39 is 0 Å². The van der Waals surface area contributed by atoms with E-state index in [0.717, 1.165) is 0 Å². The predicted molar refractivity (Wildman–Crippen MR) is 52.1 cm³/mol. The number of esters is 1. The van der Waals surface area contributed by atoms with Crippen LogP contribution in [0.3, 0.4) is 0 Å². The molecule has 78 valence electrons. The van der Waals surface area contributed by atoms with Gasteiger partial charge in [-0.3, -0.25) is 4.79 Å². The molecule has 0 amide bonds. The van der Waals surface area contributed by atoms with Crippen LogP contribution in [0.4, 0.5) is 0 Å². The molecule has 7 heteroatoms. The molecule has 1 heterocycles. The molecule has 0 fully saturated rings. The van der Waals surface area contributed by atoms with E-state index >= 15 is 0 Å². The summed E-state index contributed by atoms with van der Waals surface area (Å²) >= 11 is 1.21. The Hall–Kier alpha value is -1.24.